The van der Waals surface area contributed by atoms with E-state index in [-0.39, 0.29) is 11.8 Å². The first-order chi connectivity index (χ1) is 8.15. The van der Waals surface area contributed by atoms with Crippen molar-refractivity contribution in [1.82, 2.24) is 5.32 Å². The Morgan fingerprint density at radius 1 is 1.12 bits per heavy atom. The summed E-state index contributed by atoms with van der Waals surface area (Å²) in [5.74, 6) is -0.614. The van der Waals surface area contributed by atoms with Crippen molar-refractivity contribution < 1.29 is 9.59 Å². The van der Waals surface area contributed by atoms with Crippen LogP contribution < -0.4 is 10.6 Å². The molecule has 17 heavy (non-hydrogen) atoms. The van der Waals surface area contributed by atoms with Gasteiger partial charge in [0.25, 0.3) is 11.8 Å². The van der Waals surface area contributed by atoms with Gasteiger partial charge in [-0.1, -0.05) is 13.8 Å². The van der Waals surface area contributed by atoms with Crippen molar-refractivity contribution in [2.75, 3.05) is 5.32 Å². The third-order valence-corrected chi connectivity index (χ3v) is 3.09. The zero-order valence-corrected chi connectivity index (χ0v) is 10.0. The predicted octanol–water partition coefficient (Wildman–Crippen LogP) is 2.17. The number of nitrogens with one attached hydrogen (secondary N) is 2. The van der Waals surface area contributed by atoms with Crippen molar-refractivity contribution in [2.45, 2.75) is 32.7 Å². The summed E-state index contributed by atoms with van der Waals surface area (Å²) >= 11 is 0. The number of anilines is 1. The summed E-state index contributed by atoms with van der Waals surface area (Å²) in [5, 5.41) is 5.64. The quantitative estimate of drug-likeness (QED) is 0.782. The van der Waals surface area contributed by atoms with E-state index in [4.69, 9.17) is 0 Å². The SMILES string of the molecule is CCC(CC)Nc1ccc2c(c1)C(=O)NC2=O. The van der Waals surface area contributed by atoms with Gasteiger partial charge in [-0.25, -0.2) is 0 Å². The lowest BCUT2D eigenvalue weighted by molar-refractivity contribution is 0.0879. The fraction of sp³-hybridized carbons (Fsp3) is 0.385. The Balaban J connectivity index is 2.25. The maximum Gasteiger partial charge on any atom is 0.259 e. The average Bonchev–Trinajstić information content (AvgIpc) is 2.62. The summed E-state index contributed by atoms with van der Waals surface area (Å²) in [6, 6.07) is 5.68. The number of imide groups is 1. The van der Waals surface area contributed by atoms with E-state index in [0.717, 1.165) is 18.5 Å². The van der Waals surface area contributed by atoms with Gasteiger partial charge < -0.3 is 5.32 Å². The predicted molar refractivity (Wildman–Crippen MR) is 66.2 cm³/mol. The molecule has 0 unspecified atom stereocenters. The number of fused-ring (bicyclic) bond motifs is 1. The largest absolute Gasteiger partial charge is 0.382 e. The third kappa shape index (κ3) is 2.16. The second kappa shape index (κ2) is 4.57. The zero-order valence-electron chi connectivity index (χ0n) is 10.0. The van der Waals surface area contributed by atoms with Gasteiger partial charge in [0.05, 0.1) is 11.1 Å². The van der Waals surface area contributed by atoms with Crippen LogP contribution in [0.2, 0.25) is 0 Å². The van der Waals surface area contributed by atoms with E-state index in [1.807, 2.05) is 6.07 Å². The lowest BCUT2D eigenvalue weighted by Gasteiger charge is -2.16. The van der Waals surface area contributed by atoms with E-state index in [1.165, 1.54) is 0 Å². The molecule has 4 heteroatoms. The molecule has 0 spiro atoms. The molecule has 0 radical (unpaired) electrons. The molecular weight excluding hydrogens is 216 g/mol. The Bertz CT molecular complexity index is 464. The highest BCUT2D eigenvalue weighted by atomic mass is 16.2. The number of amides is 2. The summed E-state index contributed by atoms with van der Waals surface area (Å²) in [4.78, 5) is 22.9. The summed E-state index contributed by atoms with van der Waals surface area (Å²) in [6.07, 6.45) is 2.05. The van der Waals surface area contributed by atoms with Crippen LogP contribution in [-0.2, 0) is 0 Å². The van der Waals surface area contributed by atoms with Gasteiger partial charge in [-0.3, -0.25) is 14.9 Å². The fourth-order valence-corrected chi connectivity index (χ4v) is 1.99. The maximum atomic E-state index is 11.5. The number of rotatable bonds is 4. The maximum absolute atomic E-state index is 11.5. The molecule has 0 saturated carbocycles. The zero-order chi connectivity index (χ0) is 12.4. The number of carbonyl (C=O) groups is 2. The highest BCUT2D eigenvalue weighted by molar-refractivity contribution is 6.21. The van der Waals surface area contributed by atoms with E-state index in [9.17, 15) is 9.59 Å². The Morgan fingerprint density at radius 2 is 1.76 bits per heavy atom. The molecule has 90 valence electrons. The highest BCUT2D eigenvalue weighted by Gasteiger charge is 2.26. The molecule has 1 aliphatic heterocycles. The standard InChI is InChI=1S/C13H16N2O2/c1-3-8(4-2)14-9-5-6-10-11(7-9)13(17)15-12(10)16/h5-8,14H,3-4H2,1-2H3,(H,15,16,17). The van der Waals surface area contributed by atoms with Gasteiger partial charge in [0.15, 0.2) is 0 Å². The van der Waals surface area contributed by atoms with E-state index in [0.29, 0.717) is 17.2 Å². The molecule has 0 aliphatic carbocycles. The Labute approximate surface area is 100 Å². The molecule has 0 aromatic heterocycles. The van der Waals surface area contributed by atoms with E-state index < -0.39 is 0 Å². The van der Waals surface area contributed by atoms with Crippen molar-refractivity contribution in [3.8, 4) is 0 Å². The summed E-state index contributed by atoms with van der Waals surface area (Å²) in [6.45, 7) is 4.23. The normalized spacial score (nSPS) is 13.8. The van der Waals surface area contributed by atoms with Gasteiger partial charge >= 0.3 is 0 Å². The van der Waals surface area contributed by atoms with Crippen LogP contribution in [0.3, 0.4) is 0 Å². The van der Waals surface area contributed by atoms with Gasteiger partial charge in [0, 0.05) is 11.7 Å². The van der Waals surface area contributed by atoms with Gasteiger partial charge in [0.1, 0.15) is 0 Å². The summed E-state index contributed by atoms with van der Waals surface area (Å²) in [5.41, 5.74) is 1.82. The van der Waals surface area contributed by atoms with Crippen LogP contribution in [0.5, 0.6) is 0 Å². The van der Waals surface area contributed by atoms with E-state index in [1.54, 1.807) is 12.1 Å². The van der Waals surface area contributed by atoms with Gasteiger partial charge in [-0.15, -0.1) is 0 Å². The van der Waals surface area contributed by atoms with Crippen LogP contribution in [0.15, 0.2) is 18.2 Å². The van der Waals surface area contributed by atoms with Crippen molar-refractivity contribution >= 4 is 17.5 Å². The Hall–Kier alpha value is -1.84. The van der Waals surface area contributed by atoms with Gasteiger partial charge in [0.2, 0.25) is 0 Å². The van der Waals surface area contributed by atoms with Gasteiger partial charge in [-0.05, 0) is 31.0 Å². The fourth-order valence-electron chi connectivity index (χ4n) is 1.99. The number of hydrogen-bond acceptors (Lipinski definition) is 3. The van der Waals surface area contributed by atoms with E-state index >= 15 is 0 Å². The molecule has 2 amide bonds. The molecule has 4 nitrogen and oxygen atoms in total. The second-order valence-electron chi connectivity index (χ2n) is 4.20. The number of carbonyl (C=O) groups excluding carboxylic acids is 2. The van der Waals surface area contributed by atoms with Crippen LogP contribution in [0.4, 0.5) is 5.69 Å². The molecule has 1 aromatic carbocycles. The van der Waals surface area contributed by atoms with Crippen molar-refractivity contribution in [2.24, 2.45) is 0 Å². The lowest BCUT2D eigenvalue weighted by Crippen LogP contribution is -2.20. The molecule has 0 fully saturated rings. The van der Waals surface area contributed by atoms with Crippen LogP contribution in [-0.4, -0.2) is 17.9 Å². The molecule has 1 heterocycles. The Kier molecular flexibility index (Phi) is 3.13. The first-order valence-electron chi connectivity index (χ1n) is 5.92. The molecule has 1 aliphatic rings. The lowest BCUT2D eigenvalue weighted by atomic mass is 10.1. The molecule has 1 aromatic rings. The van der Waals surface area contributed by atoms with Crippen LogP contribution >= 0.6 is 0 Å². The van der Waals surface area contributed by atoms with Crippen molar-refractivity contribution in [3.05, 3.63) is 29.3 Å². The molecule has 0 saturated heterocycles. The first kappa shape index (κ1) is 11.6. The average molecular weight is 232 g/mol. The smallest absolute Gasteiger partial charge is 0.259 e. The van der Waals surface area contributed by atoms with Crippen LogP contribution in [0.1, 0.15) is 47.4 Å². The molecule has 2 N–H and O–H groups in total. The number of benzene rings is 1. The molecule has 0 bridgehead atoms. The first-order valence-corrected chi connectivity index (χ1v) is 5.92. The van der Waals surface area contributed by atoms with Crippen LogP contribution in [0, 0.1) is 0 Å². The Morgan fingerprint density at radius 3 is 2.41 bits per heavy atom. The molecule has 2 rings (SSSR count). The van der Waals surface area contributed by atoms with Crippen LogP contribution in [0.25, 0.3) is 0 Å². The third-order valence-electron chi connectivity index (χ3n) is 3.09. The monoisotopic (exact) mass is 232 g/mol. The molecular formula is C13H16N2O2. The van der Waals surface area contributed by atoms with Crippen molar-refractivity contribution in [3.63, 3.8) is 0 Å². The topological polar surface area (TPSA) is 58.2 Å². The highest BCUT2D eigenvalue weighted by Crippen LogP contribution is 2.21. The second-order valence-corrected chi connectivity index (χ2v) is 4.20. The van der Waals surface area contributed by atoms with Crippen molar-refractivity contribution in [1.29, 1.82) is 0 Å². The van der Waals surface area contributed by atoms with E-state index in [2.05, 4.69) is 24.5 Å². The number of hydrogen-bond donors (Lipinski definition) is 2. The molecule has 0 atom stereocenters. The summed E-state index contributed by atoms with van der Waals surface area (Å²) < 4.78 is 0. The minimum atomic E-state index is -0.307. The minimum absolute atomic E-state index is 0.306. The minimum Gasteiger partial charge on any atom is -0.382 e. The summed E-state index contributed by atoms with van der Waals surface area (Å²) in [7, 11) is 0. The van der Waals surface area contributed by atoms with Gasteiger partial charge in [-0.2, -0.15) is 0 Å².